The molecule has 0 aliphatic rings. The van der Waals surface area contributed by atoms with Crippen molar-refractivity contribution in [2.45, 2.75) is 13.8 Å². The van der Waals surface area contributed by atoms with Crippen molar-refractivity contribution in [3.8, 4) is 0 Å². The fraction of sp³-hybridized carbons (Fsp3) is 0.143. The second kappa shape index (κ2) is 4.78. The van der Waals surface area contributed by atoms with Crippen LogP contribution in [0.25, 0.3) is 0 Å². The van der Waals surface area contributed by atoms with Gasteiger partial charge in [-0.05, 0) is 0 Å². The molecule has 0 bridgehead atoms. The molecule has 0 aliphatic heterocycles. The Labute approximate surface area is 100 Å². The van der Waals surface area contributed by atoms with E-state index < -0.39 is 0 Å². The first-order valence-electron chi connectivity index (χ1n) is 5.14. The summed E-state index contributed by atoms with van der Waals surface area (Å²) in [6.45, 7) is 4.32. The van der Waals surface area contributed by atoms with E-state index >= 15 is 0 Å². The molecule has 0 amide bonds. The van der Waals surface area contributed by atoms with Crippen LogP contribution in [0.2, 0.25) is 0 Å². The molecule has 0 aliphatic carbocycles. The van der Waals surface area contributed by atoms with Gasteiger partial charge in [-0.25, -0.2) is 0 Å². The van der Waals surface area contributed by atoms with Crippen LogP contribution < -0.4 is 7.74 Å². The van der Waals surface area contributed by atoms with Gasteiger partial charge in [-0.15, -0.1) is 0 Å². The van der Waals surface area contributed by atoms with Gasteiger partial charge in [0, 0.05) is 0 Å². The van der Waals surface area contributed by atoms with Gasteiger partial charge in [-0.2, -0.15) is 0 Å². The van der Waals surface area contributed by atoms with Crippen molar-refractivity contribution in [3.63, 3.8) is 0 Å². The SMILES string of the molecule is Cc1ccc[c]([Ti][c]2cccc(C)c2)c1. The van der Waals surface area contributed by atoms with E-state index in [-0.39, 0.29) is 19.2 Å². The number of aryl methyl sites for hydroxylation is 2. The molecule has 15 heavy (non-hydrogen) atoms. The van der Waals surface area contributed by atoms with E-state index in [0.29, 0.717) is 0 Å². The van der Waals surface area contributed by atoms with Crippen LogP contribution in [0, 0.1) is 13.8 Å². The summed E-state index contributed by atoms with van der Waals surface area (Å²) in [4.78, 5) is 0. The normalized spacial score (nSPS) is 10.0. The Hall–Kier alpha value is -0.846. The molecule has 0 N–H and O–H groups in total. The van der Waals surface area contributed by atoms with Crippen LogP contribution >= 0.6 is 0 Å². The van der Waals surface area contributed by atoms with Gasteiger partial charge in [0.2, 0.25) is 0 Å². The van der Waals surface area contributed by atoms with Gasteiger partial charge < -0.3 is 0 Å². The third-order valence-corrected chi connectivity index (χ3v) is 4.20. The van der Waals surface area contributed by atoms with Gasteiger partial charge in [0.15, 0.2) is 0 Å². The summed E-state index contributed by atoms with van der Waals surface area (Å²) in [5, 5.41) is 0. The molecule has 0 aromatic heterocycles. The monoisotopic (exact) mass is 230 g/mol. The predicted octanol–water partition coefficient (Wildman–Crippen LogP) is 2.34. The zero-order valence-corrected chi connectivity index (χ0v) is 10.7. The van der Waals surface area contributed by atoms with Crippen LogP contribution in [0.4, 0.5) is 0 Å². The molecule has 2 rings (SSSR count). The van der Waals surface area contributed by atoms with Crippen LogP contribution in [-0.4, -0.2) is 0 Å². The Morgan fingerprint density at radius 1 is 0.733 bits per heavy atom. The maximum absolute atomic E-state index is 2.31. The summed E-state index contributed by atoms with van der Waals surface area (Å²) in [5.74, 6) is 0. The summed E-state index contributed by atoms with van der Waals surface area (Å²) >= 11 is -0.146. The van der Waals surface area contributed by atoms with E-state index in [4.69, 9.17) is 0 Å². The van der Waals surface area contributed by atoms with E-state index in [2.05, 4.69) is 62.4 Å². The fourth-order valence-electron chi connectivity index (χ4n) is 1.61. The molecule has 0 radical (unpaired) electrons. The number of hydrogen-bond donors (Lipinski definition) is 0. The molecule has 0 unspecified atom stereocenters. The van der Waals surface area contributed by atoms with Crippen molar-refractivity contribution in [2.75, 3.05) is 0 Å². The van der Waals surface area contributed by atoms with Crippen LogP contribution in [0.3, 0.4) is 0 Å². The van der Waals surface area contributed by atoms with Crippen molar-refractivity contribution < 1.29 is 19.2 Å². The van der Waals surface area contributed by atoms with Gasteiger partial charge in [-0.3, -0.25) is 0 Å². The Morgan fingerprint density at radius 3 is 1.60 bits per heavy atom. The molecule has 2 aromatic rings. The molecule has 0 spiro atoms. The zero-order valence-electron chi connectivity index (χ0n) is 9.12. The van der Waals surface area contributed by atoms with Crippen molar-refractivity contribution in [1.82, 2.24) is 0 Å². The van der Waals surface area contributed by atoms with Gasteiger partial charge in [0.05, 0.1) is 0 Å². The number of hydrogen-bond acceptors (Lipinski definition) is 0. The second-order valence-electron chi connectivity index (χ2n) is 3.86. The average Bonchev–Trinajstić information content (AvgIpc) is 2.17. The van der Waals surface area contributed by atoms with Gasteiger partial charge >= 0.3 is 100 Å². The van der Waals surface area contributed by atoms with E-state index in [1.54, 1.807) is 0 Å². The maximum atomic E-state index is 2.31. The Kier molecular flexibility index (Phi) is 3.40. The van der Waals surface area contributed by atoms with Crippen molar-refractivity contribution in [1.29, 1.82) is 0 Å². The van der Waals surface area contributed by atoms with E-state index in [0.717, 1.165) is 0 Å². The summed E-state index contributed by atoms with van der Waals surface area (Å²) in [5.41, 5.74) is 2.73. The first-order chi connectivity index (χ1) is 7.24. The predicted molar refractivity (Wildman–Crippen MR) is 61.6 cm³/mol. The molecule has 74 valence electrons. The number of benzene rings is 2. The molecular formula is C14H14Ti. The third-order valence-electron chi connectivity index (χ3n) is 2.32. The molecule has 0 fully saturated rings. The summed E-state index contributed by atoms with van der Waals surface area (Å²) < 4.78 is 3.03. The van der Waals surface area contributed by atoms with Crippen molar-refractivity contribution in [2.24, 2.45) is 0 Å². The summed E-state index contributed by atoms with van der Waals surface area (Å²) in [7, 11) is 0. The van der Waals surface area contributed by atoms with Crippen LogP contribution in [0.5, 0.6) is 0 Å². The molecular weight excluding hydrogens is 216 g/mol. The molecule has 0 saturated carbocycles. The molecule has 0 atom stereocenters. The van der Waals surface area contributed by atoms with Crippen molar-refractivity contribution >= 4 is 7.74 Å². The molecule has 0 saturated heterocycles. The fourth-order valence-corrected chi connectivity index (χ4v) is 3.63. The van der Waals surface area contributed by atoms with E-state index in [9.17, 15) is 0 Å². The van der Waals surface area contributed by atoms with Crippen LogP contribution in [0.15, 0.2) is 48.5 Å². The van der Waals surface area contributed by atoms with E-state index in [1.807, 2.05) is 0 Å². The van der Waals surface area contributed by atoms with Gasteiger partial charge in [0.25, 0.3) is 0 Å². The number of rotatable bonds is 2. The molecule has 0 nitrogen and oxygen atoms in total. The van der Waals surface area contributed by atoms with Crippen molar-refractivity contribution in [3.05, 3.63) is 59.7 Å². The Morgan fingerprint density at radius 2 is 1.20 bits per heavy atom. The third kappa shape index (κ3) is 3.05. The first kappa shape index (κ1) is 10.7. The summed E-state index contributed by atoms with van der Waals surface area (Å²) in [6.07, 6.45) is 0. The first-order valence-corrected chi connectivity index (χ1v) is 6.70. The zero-order chi connectivity index (χ0) is 10.7. The molecule has 1 heteroatoms. The minimum atomic E-state index is -0.146. The van der Waals surface area contributed by atoms with E-state index in [1.165, 1.54) is 18.9 Å². The topological polar surface area (TPSA) is 0 Å². The second-order valence-corrected chi connectivity index (χ2v) is 6.06. The molecule has 0 heterocycles. The standard InChI is InChI=1S/2C7H7.Ti/c2*1-7-5-3-2-4-6-7;/h2*2-3,5-6H,1H3;. The van der Waals surface area contributed by atoms with Crippen LogP contribution in [0.1, 0.15) is 11.1 Å². The Balaban J connectivity index is 2.22. The van der Waals surface area contributed by atoms with Gasteiger partial charge in [-0.1, -0.05) is 0 Å². The average molecular weight is 230 g/mol. The molecule has 2 aromatic carbocycles. The van der Waals surface area contributed by atoms with Gasteiger partial charge in [0.1, 0.15) is 0 Å². The quantitative estimate of drug-likeness (QED) is 0.694. The minimum absolute atomic E-state index is 0.146. The van der Waals surface area contributed by atoms with Crippen LogP contribution in [-0.2, 0) is 19.2 Å². The summed E-state index contributed by atoms with van der Waals surface area (Å²) in [6, 6.07) is 17.7. The Bertz CT molecular complexity index is 417.